The number of hydrogen-bond acceptors (Lipinski definition) is 5. The quantitative estimate of drug-likeness (QED) is 0.818. The van der Waals surface area contributed by atoms with Crippen molar-refractivity contribution in [3.8, 4) is 0 Å². The second-order valence-electron chi connectivity index (χ2n) is 7.34. The van der Waals surface area contributed by atoms with E-state index >= 15 is 0 Å². The minimum atomic E-state index is 0.0204. The molecule has 1 aromatic carbocycles. The molecule has 3 heterocycles. The Labute approximate surface area is 159 Å². The lowest BCUT2D eigenvalue weighted by Crippen LogP contribution is -2.46. The van der Waals surface area contributed by atoms with Crippen LogP contribution < -0.4 is 5.32 Å². The van der Waals surface area contributed by atoms with Crippen LogP contribution in [-0.2, 0) is 11.2 Å². The van der Waals surface area contributed by atoms with E-state index in [1.54, 1.807) is 6.92 Å². The lowest BCUT2D eigenvalue weighted by molar-refractivity contribution is 0.0262. The van der Waals surface area contributed by atoms with Crippen molar-refractivity contribution in [3.63, 3.8) is 0 Å². The Balaban J connectivity index is 1.34. The van der Waals surface area contributed by atoms with Gasteiger partial charge in [-0.1, -0.05) is 35.5 Å². The van der Waals surface area contributed by atoms with Crippen LogP contribution in [0.15, 0.2) is 34.9 Å². The van der Waals surface area contributed by atoms with E-state index in [-0.39, 0.29) is 12.1 Å². The van der Waals surface area contributed by atoms with E-state index < -0.39 is 0 Å². The summed E-state index contributed by atoms with van der Waals surface area (Å²) in [7, 11) is 0. The summed E-state index contributed by atoms with van der Waals surface area (Å²) in [6, 6.07) is 10.7. The zero-order valence-electron chi connectivity index (χ0n) is 15.6. The number of benzene rings is 1. The molecule has 7 heteroatoms. The summed E-state index contributed by atoms with van der Waals surface area (Å²) in [6.45, 7) is 4.60. The van der Waals surface area contributed by atoms with E-state index in [4.69, 9.17) is 9.26 Å². The van der Waals surface area contributed by atoms with Crippen molar-refractivity contribution in [1.82, 2.24) is 20.4 Å². The smallest absolute Gasteiger partial charge is 0.317 e. The van der Waals surface area contributed by atoms with Crippen LogP contribution in [0.3, 0.4) is 0 Å². The van der Waals surface area contributed by atoms with Gasteiger partial charge in [0.05, 0.1) is 6.61 Å². The fourth-order valence-corrected chi connectivity index (χ4v) is 4.27. The minimum Gasteiger partial charge on any atom is -0.381 e. The predicted molar refractivity (Wildman–Crippen MR) is 99.4 cm³/mol. The van der Waals surface area contributed by atoms with Gasteiger partial charge in [0, 0.05) is 44.0 Å². The monoisotopic (exact) mass is 370 g/mol. The fraction of sp³-hybridized carbons (Fsp3) is 0.550. The molecule has 2 saturated heterocycles. The number of aryl methyl sites for hydroxylation is 2. The van der Waals surface area contributed by atoms with E-state index in [2.05, 4.69) is 39.7 Å². The average molecular weight is 370 g/mol. The van der Waals surface area contributed by atoms with Crippen LogP contribution in [-0.4, -0.2) is 53.4 Å². The lowest BCUT2D eigenvalue weighted by Gasteiger charge is -2.32. The van der Waals surface area contributed by atoms with E-state index in [9.17, 15) is 4.79 Å². The summed E-state index contributed by atoms with van der Waals surface area (Å²) < 4.78 is 10.8. The molecular weight excluding hydrogens is 344 g/mol. The van der Waals surface area contributed by atoms with E-state index in [0.29, 0.717) is 36.5 Å². The highest BCUT2D eigenvalue weighted by Gasteiger charge is 2.45. The van der Waals surface area contributed by atoms with Crippen molar-refractivity contribution in [2.45, 2.75) is 38.1 Å². The van der Waals surface area contributed by atoms with Gasteiger partial charge in [0.1, 0.15) is 0 Å². The second kappa shape index (κ2) is 8.08. The molecule has 2 aromatic rings. The van der Waals surface area contributed by atoms with E-state index in [1.165, 1.54) is 5.56 Å². The van der Waals surface area contributed by atoms with Crippen LogP contribution in [0, 0.1) is 12.8 Å². The van der Waals surface area contributed by atoms with Crippen molar-refractivity contribution < 1.29 is 14.1 Å². The SMILES string of the molecule is Cc1noc(CCCNC(=O)N2CC(c3ccccc3)C3COCCC32)n1. The van der Waals surface area contributed by atoms with E-state index in [1.807, 2.05) is 11.0 Å². The average Bonchev–Trinajstić information content (AvgIpc) is 3.29. The van der Waals surface area contributed by atoms with Crippen LogP contribution in [0.4, 0.5) is 4.79 Å². The number of urea groups is 1. The molecule has 2 aliphatic rings. The van der Waals surface area contributed by atoms with Gasteiger partial charge in [0.2, 0.25) is 5.89 Å². The first-order valence-corrected chi connectivity index (χ1v) is 9.68. The highest BCUT2D eigenvalue weighted by atomic mass is 16.5. The van der Waals surface area contributed by atoms with Crippen molar-refractivity contribution in [3.05, 3.63) is 47.6 Å². The molecule has 144 valence electrons. The maximum absolute atomic E-state index is 12.8. The number of amides is 2. The first-order chi connectivity index (χ1) is 13.2. The third kappa shape index (κ3) is 3.98. The Hall–Kier alpha value is -2.41. The molecule has 3 atom stereocenters. The van der Waals surface area contributed by atoms with Gasteiger partial charge in [-0.25, -0.2) is 4.79 Å². The third-order valence-electron chi connectivity index (χ3n) is 5.57. The highest BCUT2D eigenvalue weighted by Crippen LogP contribution is 2.40. The molecule has 1 aromatic heterocycles. The first kappa shape index (κ1) is 18.0. The molecule has 1 N–H and O–H groups in total. The number of aromatic nitrogens is 2. The van der Waals surface area contributed by atoms with Crippen LogP contribution >= 0.6 is 0 Å². The Kier molecular flexibility index (Phi) is 5.38. The Morgan fingerprint density at radius 1 is 1.33 bits per heavy atom. The van der Waals surface area contributed by atoms with Crippen molar-refractivity contribution >= 4 is 6.03 Å². The maximum Gasteiger partial charge on any atom is 0.317 e. The number of ether oxygens (including phenoxy) is 1. The molecule has 7 nitrogen and oxygen atoms in total. The van der Waals surface area contributed by atoms with Gasteiger partial charge >= 0.3 is 6.03 Å². The Morgan fingerprint density at radius 3 is 2.96 bits per heavy atom. The summed E-state index contributed by atoms with van der Waals surface area (Å²) in [5, 5.41) is 6.85. The number of carbonyl (C=O) groups excluding carboxylic acids is 1. The summed E-state index contributed by atoms with van der Waals surface area (Å²) in [5.74, 6) is 1.97. The molecule has 2 amide bonds. The van der Waals surface area contributed by atoms with Crippen LogP contribution in [0.1, 0.15) is 36.0 Å². The van der Waals surface area contributed by atoms with Gasteiger partial charge in [-0.05, 0) is 25.3 Å². The van der Waals surface area contributed by atoms with Gasteiger partial charge in [-0.2, -0.15) is 4.98 Å². The largest absolute Gasteiger partial charge is 0.381 e. The molecule has 27 heavy (non-hydrogen) atoms. The zero-order chi connectivity index (χ0) is 18.6. The number of likely N-dealkylation sites (tertiary alicyclic amines) is 1. The van der Waals surface area contributed by atoms with Crippen molar-refractivity contribution in [2.75, 3.05) is 26.3 Å². The Morgan fingerprint density at radius 2 is 2.19 bits per heavy atom. The van der Waals surface area contributed by atoms with Crippen molar-refractivity contribution in [2.24, 2.45) is 5.92 Å². The van der Waals surface area contributed by atoms with Gasteiger partial charge in [0.25, 0.3) is 0 Å². The summed E-state index contributed by atoms with van der Waals surface area (Å²) >= 11 is 0. The lowest BCUT2D eigenvalue weighted by atomic mass is 9.84. The molecular formula is C20H26N4O3. The highest BCUT2D eigenvalue weighted by molar-refractivity contribution is 5.75. The molecule has 0 bridgehead atoms. The second-order valence-corrected chi connectivity index (χ2v) is 7.34. The number of fused-ring (bicyclic) bond motifs is 1. The minimum absolute atomic E-state index is 0.0204. The van der Waals surface area contributed by atoms with Gasteiger partial charge in [0.15, 0.2) is 5.82 Å². The normalized spacial score (nSPS) is 24.6. The van der Waals surface area contributed by atoms with Gasteiger partial charge in [-0.15, -0.1) is 0 Å². The molecule has 2 fully saturated rings. The predicted octanol–water partition coefficient (Wildman–Crippen LogP) is 2.52. The first-order valence-electron chi connectivity index (χ1n) is 9.68. The standard InChI is InChI=1S/C20H26N4O3/c1-14-22-19(27-23-14)8-5-10-21-20(25)24-12-16(15-6-3-2-4-7-15)17-13-26-11-9-18(17)24/h2-4,6-7,16-18H,5,8-13H2,1H3,(H,21,25). The summed E-state index contributed by atoms with van der Waals surface area (Å²) in [5.41, 5.74) is 1.29. The molecule has 2 aliphatic heterocycles. The third-order valence-corrected chi connectivity index (χ3v) is 5.57. The molecule has 0 aliphatic carbocycles. The number of nitrogens with one attached hydrogen (secondary N) is 1. The maximum atomic E-state index is 12.8. The summed E-state index contributed by atoms with van der Waals surface area (Å²) in [6.07, 6.45) is 2.36. The van der Waals surface area contributed by atoms with Gasteiger partial charge < -0.3 is 19.5 Å². The van der Waals surface area contributed by atoms with Crippen molar-refractivity contribution in [1.29, 1.82) is 0 Å². The fourth-order valence-electron chi connectivity index (χ4n) is 4.27. The number of rotatable bonds is 5. The van der Waals surface area contributed by atoms with Crippen LogP contribution in [0.2, 0.25) is 0 Å². The number of carbonyl (C=O) groups is 1. The number of hydrogen-bond donors (Lipinski definition) is 1. The molecule has 0 radical (unpaired) electrons. The van der Waals surface area contributed by atoms with Gasteiger partial charge in [-0.3, -0.25) is 0 Å². The molecule has 0 spiro atoms. The molecule has 3 unspecified atom stereocenters. The number of nitrogens with zero attached hydrogens (tertiary/aromatic N) is 3. The van der Waals surface area contributed by atoms with Crippen LogP contribution in [0.25, 0.3) is 0 Å². The molecule has 4 rings (SSSR count). The van der Waals surface area contributed by atoms with Crippen LogP contribution in [0.5, 0.6) is 0 Å². The van der Waals surface area contributed by atoms with E-state index in [0.717, 1.165) is 32.6 Å². The Bertz CT molecular complexity index is 764. The molecule has 0 saturated carbocycles. The topological polar surface area (TPSA) is 80.5 Å². The summed E-state index contributed by atoms with van der Waals surface area (Å²) in [4.78, 5) is 19.0. The zero-order valence-corrected chi connectivity index (χ0v) is 15.6.